The summed E-state index contributed by atoms with van der Waals surface area (Å²) in [6.07, 6.45) is 1.56. The maximum absolute atomic E-state index is 13.8. The van der Waals surface area contributed by atoms with Crippen LogP contribution in [-0.4, -0.2) is 17.1 Å². The van der Waals surface area contributed by atoms with E-state index >= 15 is 0 Å². The van der Waals surface area contributed by atoms with Gasteiger partial charge in [0, 0.05) is 16.1 Å². The van der Waals surface area contributed by atoms with E-state index in [-0.39, 0.29) is 11.6 Å². The molecule has 112 valence electrons. The first-order valence-electron chi connectivity index (χ1n) is 6.29. The van der Waals surface area contributed by atoms with Gasteiger partial charge in [0.1, 0.15) is 11.4 Å². The molecule has 1 aromatic heterocycles. The molecule has 0 aliphatic carbocycles. The molecule has 1 N–H and O–H groups in total. The minimum absolute atomic E-state index is 0.109. The molecule has 0 saturated heterocycles. The molecular weight excluding hydrogens is 356 g/mol. The zero-order valence-electron chi connectivity index (χ0n) is 11.4. The van der Waals surface area contributed by atoms with E-state index in [9.17, 15) is 8.78 Å². The smallest absolute Gasteiger partial charge is 0.227 e. The van der Waals surface area contributed by atoms with E-state index in [1.807, 2.05) is 0 Å². The third-order valence-corrected chi connectivity index (χ3v) is 3.49. The predicted octanol–water partition coefficient (Wildman–Crippen LogP) is 4.42. The number of halogens is 3. The van der Waals surface area contributed by atoms with E-state index in [1.165, 1.54) is 0 Å². The third kappa shape index (κ3) is 2.85. The Bertz CT molecular complexity index is 834. The van der Waals surface area contributed by atoms with Crippen molar-refractivity contribution < 1.29 is 13.5 Å². The van der Waals surface area contributed by atoms with Crippen molar-refractivity contribution in [3.8, 4) is 5.75 Å². The molecule has 0 amide bonds. The molecule has 3 rings (SSSR count). The summed E-state index contributed by atoms with van der Waals surface area (Å²) < 4.78 is 33.0. The molecule has 0 aliphatic heterocycles. The monoisotopic (exact) mass is 365 g/mol. The van der Waals surface area contributed by atoms with E-state index in [0.717, 1.165) is 17.5 Å². The van der Waals surface area contributed by atoms with Gasteiger partial charge < -0.3 is 10.1 Å². The molecule has 3 aromatic rings. The lowest BCUT2D eigenvalue weighted by Crippen LogP contribution is -2.02. The summed E-state index contributed by atoms with van der Waals surface area (Å²) in [6.45, 7) is 0. The minimum Gasteiger partial charge on any atom is -0.497 e. The van der Waals surface area contributed by atoms with Crippen molar-refractivity contribution >= 4 is 38.5 Å². The van der Waals surface area contributed by atoms with Crippen LogP contribution in [0.15, 0.2) is 41.0 Å². The number of ether oxygens (including phenoxy) is 1. The normalized spacial score (nSPS) is 10.7. The highest BCUT2D eigenvalue weighted by molar-refractivity contribution is 9.10. The molecule has 0 bridgehead atoms. The van der Waals surface area contributed by atoms with E-state index in [1.54, 1.807) is 31.5 Å². The maximum Gasteiger partial charge on any atom is 0.227 e. The van der Waals surface area contributed by atoms with Gasteiger partial charge in [0.05, 0.1) is 12.6 Å². The summed E-state index contributed by atoms with van der Waals surface area (Å²) in [4.78, 5) is 8.29. The predicted molar refractivity (Wildman–Crippen MR) is 83.4 cm³/mol. The fraction of sp³-hybridized carbons (Fsp3) is 0.0667. The maximum atomic E-state index is 13.8. The van der Waals surface area contributed by atoms with Gasteiger partial charge in [-0.15, -0.1) is 0 Å². The molecule has 0 aliphatic rings. The fourth-order valence-electron chi connectivity index (χ4n) is 1.97. The molecular formula is C15H10BrF2N3O. The Morgan fingerprint density at radius 2 is 1.86 bits per heavy atom. The van der Waals surface area contributed by atoms with Crippen LogP contribution in [0.4, 0.5) is 20.4 Å². The van der Waals surface area contributed by atoms with Crippen LogP contribution >= 0.6 is 15.9 Å². The van der Waals surface area contributed by atoms with Crippen molar-refractivity contribution in [1.82, 2.24) is 9.97 Å². The highest BCUT2D eigenvalue weighted by atomic mass is 79.9. The van der Waals surface area contributed by atoms with Crippen LogP contribution in [0.2, 0.25) is 0 Å². The second-order valence-electron chi connectivity index (χ2n) is 4.49. The van der Waals surface area contributed by atoms with E-state index in [2.05, 4.69) is 31.2 Å². The summed E-state index contributed by atoms with van der Waals surface area (Å²) in [5, 5.41) is 3.33. The van der Waals surface area contributed by atoms with Crippen LogP contribution in [0.5, 0.6) is 5.75 Å². The van der Waals surface area contributed by atoms with Crippen molar-refractivity contribution in [1.29, 1.82) is 0 Å². The lowest BCUT2D eigenvalue weighted by Gasteiger charge is -2.09. The molecule has 4 nitrogen and oxygen atoms in total. The number of aromatic nitrogens is 2. The average Bonchev–Trinajstić information content (AvgIpc) is 2.50. The molecule has 0 spiro atoms. The zero-order chi connectivity index (χ0) is 15.7. The number of benzene rings is 2. The standard InChI is InChI=1S/C15H10BrF2N3O/c1-22-10-2-3-13-8(4-10)7-19-15(20-13)21-14-11(17)5-9(16)6-12(14)18/h2-7H,1H3,(H,19,20,21). The quantitative estimate of drug-likeness (QED) is 0.746. The summed E-state index contributed by atoms with van der Waals surface area (Å²) in [5.41, 5.74) is 0.340. The van der Waals surface area contributed by atoms with Gasteiger partial charge in [-0.3, -0.25) is 0 Å². The highest BCUT2D eigenvalue weighted by Gasteiger charge is 2.12. The summed E-state index contributed by atoms with van der Waals surface area (Å²) in [5.74, 6) is -0.671. The summed E-state index contributed by atoms with van der Waals surface area (Å²) >= 11 is 3.03. The number of nitrogens with zero attached hydrogens (tertiary/aromatic N) is 2. The Morgan fingerprint density at radius 1 is 1.14 bits per heavy atom. The molecule has 0 unspecified atom stereocenters. The Kier molecular flexibility index (Phi) is 3.89. The van der Waals surface area contributed by atoms with Gasteiger partial charge in [-0.2, -0.15) is 0 Å². The lowest BCUT2D eigenvalue weighted by atomic mass is 10.2. The zero-order valence-corrected chi connectivity index (χ0v) is 13.0. The lowest BCUT2D eigenvalue weighted by molar-refractivity contribution is 0.415. The first-order valence-corrected chi connectivity index (χ1v) is 7.08. The topological polar surface area (TPSA) is 47.0 Å². The van der Waals surface area contributed by atoms with Crippen molar-refractivity contribution in [2.45, 2.75) is 0 Å². The van der Waals surface area contributed by atoms with Crippen LogP contribution in [-0.2, 0) is 0 Å². The first-order chi connectivity index (χ1) is 10.6. The van der Waals surface area contributed by atoms with Crippen LogP contribution in [0, 0.1) is 11.6 Å². The third-order valence-electron chi connectivity index (χ3n) is 3.03. The highest BCUT2D eigenvalue weighted by Crippen LogP contribution is 2.26. The van der Waals surface area contributed by atoms with Gasteiger partial charge in [-0.05, 0) is 30.3 Å². The van der Waals surface area contributed by atoms with Crippen molar-refractivity contribution in [3.63, 3.8) is 0 Å². The average molecular weight is 366 g/mol. The van der Waals surface area contributed by atoms with Gasteiger partial charge in [0.2, 0.25) is 5.95 Å². The van der Waals surface area contributed by atoms with Gasteiger partial charge in [0.15, 0.2) is 11.6 Å². The Balaban J connectivity index is 1.98. The van der Waals surface area contributed by atoms with Crippen LogP contribution in [0.1, 0.15) is 0 Å². The van der Waals surface area contributed by atoms with Gasteiger partial charge >= 0.3 is 0 Å². The van der Waals surface area contributed by atoms with Gasteiger partial charge in [-0.25, -0.2) is 18.7 Å². The summed E-state index contributed by atoms with van der Waals surface area (Å²) in [7, 11) is 1.57. The second-order valence-corrected chi connectivity index (χ2v) is 5.40. The van der Waals surface area contributed by atoms with Gasteiger partial charge in [-0.1, -0.05) is 15.9 Å². The van der Waals surface area contributed by atoms with Crippen LogP contribution < -0.4 is 10.1 Å². The number of hydrogen-bond donors (Lipinski definition) is 1. The number of hydrogen-bond acceptors (Lipinski definition) is 4. The second kappa shape index (κ2) is 5.84. The number of rotatable bonds is 3. The fourth-order valence-corrected chi connectivity index (χ4v) is 2.37. The minimum atomic E-state index is -0.731. The molecule has 0 atom stereocenters. The van der Waals surface area contributed by atoms with Crippen LogP contribution in [0.25, 0.3) is 10.9 Å². The first kappa shape index (κ1) is 14.6. The van der Waals surface area contributed by atoms with E-state index in [4.69, 9.17) is 4.74 Å². The van der Waals surface area contributed by atoms with Crippen molar-refractivity contribution in [2.24, 2.45) is 0 Å². The van der Waals surface area contributed by atoms with E-state index in [0.29, 0.717) is 15.7 Å². The number of nitrogens with one attached hydrogen (secondary N) is 1. The van der Waals surface area contributed by atoms with Crippen molar-refractivity contribution in [2.75, 3.05) is 12.4 Å². The molecule has 0 fully saturated rings. The molecule has 2 aromatic carbocycles. The SMILES string of the molecule is COc1ccc2nc(Nc3c(F)cc(Br)cc3F)ncc2c1. The largest absolute Gasteiger partial charge is 0.497 e. The molecule has 22 heavy (non-hydrogen) atoms. The van der Waals surface area contributed by atoms with Crippen molar-refractivity contribution in [3.05, 3.63) is 52.6 Å². The van der Waals surface area contributed by atoms with E-state index < -0.39 is 11.6 Å². The number of anilines is 2. The molecule has 0 saturated carbocycles. The summed E-state index contributed by atoms with van der Waals surface area (Å²) in [6, 6.07) is 7.60. The Hall–Kier alpha value is -2.28. The molecule has 0 radical (unpaired) electrons. The Morgan fingerprint density at radius 3 is 2.55 bits per heavy atom. The van der Waals surface area contributed by atoms with Gasteiger partial charge in [0.25, 0.3) is 0 Å². The number of methoxy groups -OCH3 is 1. The molecule has 1 heterocycles. The Labute approximate surface area is 133 Å². The molecule has 7 heteroatoms. The van der Waals surface area contributed by atoms with Crippen LogP contribution in [0.3, 0.4) is 0 Å². The number of fused-ring (bicyclic) bond motifs is 1.